The number of carbonyl (C=O) groups is 2. The van der Waals surface area contributed by atoms with Crippen molar-refractivity contribution in [2.45, 2.75) is 65.2 Å². The smallest absolute Gasteiger partial charge is 0.307 e. The highest BCUT2D eigenvalue weighted by Crippen LogP contribution is 2.06. The van der Waals surface area contributed by atoms with E-state index in [4.69, 9.17) is 4.74 Å². The molecule has 0 atom stereocenters. The van der Waals surface area contributed by atoms with Crippen LogP contribution in [0.15, 0.2) is 0 Å². The van der Waals surface area contributed by atoms with Crippen molar-refractivity contribution in [3.63, 3.8) is 0 Å². The van der Waals surface area contributed by atoms with Crippen LogP contribution in [-0.2, 0) is 14.3 Å². The van der Waals surface area contributed by atoms with Gasteiger partial charge in [0.25, 0.3) is 0 Å². The van der Waals surface area contributed by atoms with E-state index >= 15 is 0 Å². The average molecular weight is 257 g/mol. The van der Waals surface area contributed by atoms with Gasteiger partial charge in [0.05, 0.1) is 13.0 Å². The second kappa shape index (κ2) is 12.4. The minimum absolute atomic E-state index is 0.0368. The standard InChI is InChI=1S/C14H27NO3/c1-3-5-6-7-8-9-10-13(16)15-12-11-14(17)18-4-2/h3-12H2,1-2H3,(H,15,16). The minimum Gasteiger partial charge on any atom is -0.466 e. The number of ether oxygens (including phenoxy) is 1. The predicted molar refractivity (Wildman–Crippen MR) is 72.3 cm³/mol. The Morgan fingerprint density at radius 2 is 1.61 bits per heavy atom. The molecule has 0 aromatic rings. The third-order valence-corrected chi connectivity index (χ3v) is 2.71. The number of nitrogens with one attached hydrogen (secondary N) is 1. The minimum atomic E-state index is -0.252. The Labute approximate surface area is 110 Å². The predicted octanol–water partition coefficient (Wildman–Crippen LogP) is 2.81. The number of carbonyl (C=O) groups excluding carboxylic acids is 2. The van der Waals surface area contributed by atoms with Gasteiger partial charge in [0.2, 0.25) is 5.91 Å². The average Bonchev–Trinajstić information content (AvgIpc) is 2.34. The van der Waals surface area contributed by atoms with Crippen molar-refractivity contribution in [1.29, 1.82) is 0 Å². The molecule has 1 amide bonds. The molecule has 0 aliphatic rings. The molecule has 0 aliphatic carbocycles. The molecule has 0 saturated carbocycles. The lowest BCUT2D eigenvalue weighted by atomic mass is 10.1. The van der Waals surface area contributed by atoms with Gasteiger partial charge in [-0.2, -0.15) is 0 Å². The van der Waals surface area contributed by atoms with Crippen LogP contribution in [0.2, 0.25) is 0 Å². The lowest BCUT2D eigenvalue weighted by Crippen LogP contribution is -2.26. The number of esters is 1. The second-order valence-corrected chi connectivity index (χ2v) is 4.42. The van der Waals surface area contributed by atoms with Gasteiger partial charge in [-0.3, -0.25) is 9.59 Å². The molecule has 0 bridgehead atoms. The first-order valence-electron chi connectivity index (χ1n) is 7.13. The monoisotopic (exact) mass is 257 g/mol. The van der Waals surface area contributed by atoms with Gasteiger partial charge in [0.1, 0.15) is 0 Å². The van der Waals surface area contributed by atoms with Crippen LogP contribution in [0.5, 0.6) is 0 Å². The van der Waals surface area contributed by atoms with Crippen molar-refractivity contribution in [2.24, 2.45) is 0 Å². The largest absolute Gasteiger partial charge is 0.466 e. The third-order valence-electron chi connectivity index (χ3n) is 2.71. The van der Waals surface area contributed by atoms with Crippen LogP contribution in [0.1, 0.15) is 65.2 Å². The Morgan fingerprint density at radius 1 is 0.944 bits per heavy atom. The zero-order chi connectivity index (χ0) is 13.6. The molecule has 18 heavy (non-hydrogen) atoms. The second-order valence-electron chi connectivity index (χ2n) is 4.42. The van der Waals surface area contributed by atoms with Gasteiger partial charge in [-0.25, -0.2) is 0 Å². The van der Waals surface area contributed by atoms with Gasteiger partial charge in [0.15, 0.2) is 0 Å². The Bertz CT molecular complexity index is 229. The highest BCUT2D eigenvalue weighted by atomic mass is 16.5. The van der Waals surface area contributed by atoms with E-state index in [0.717, 1.165) is 12.8 Å². The van der Waals surface area contributed by atoms with Gasteiger partial charge in [-0.05, 0) is 13.3 Å². The van der Waals surface area contributed by atoms with E-state index in [1.54, 1.807) is 6.92 Å². The highest BCUT2D eigenvalue weighted by Gasteiger charge is 2.04. The summed E-state index contributed by atoms with van der Waals surface area (Å²) in [6, 6.07) is 0. The first-order valence-corrected chi connectivity index (χ1v) is 7.13. The van der Waals surface area contributed by atoms with Crippen molar-refractivity contribution in [3.8, 4) is 0 Å². The van der Waals surface area contributed by atoms with Crippen molar-refractivity contribution < 1.29 is 14.3 Å². The fourth-order valence-corrected chi connectivity index (χ4v) is 1.69. The van der Waals surface area contributed by atoms with E-state index < -0.39 is 0 Å². The molecule has 0 aliphatic heterocycles. The first kappa shape index (κ1) is 16.9. The van der Waals surface area contributed by atoms with Crippen LogP contribution in [0.3, 0.4) is 0 Å². The Kier molecular flexibility index (Phi) is 11.7. The fourth-order valence-electron chi connectivity index (χ4n) is 1.69. The fraction of sp³-hybridized carbons (Fsp3) is 0.857. The number of hydrogen-bond acceptors (Lipinski definition) is 3. The maximum absolute atomic E-state index is 11.4. The van der Waals surface area contributed by atoms with E-state index in [9.17, 15) is 9.59 Å². The summed E-state index contributed by atoms with van der Waals surface area (Å²) < 4.78 is 4.77. The lowest BCUT2D eigenvalue weighted by molar-refractivity contribution is -0.143. The maximum atomic E-state index is 11.4. The van der Waals surface area contributed by atoms with Crippen LogP contribution in [0.25, 0.3) is 0 Å². The first-order chi connectivity index (χ1) is 8.70. The molecule has 1 N–H and O–H groups in total. The molecule has 0 radical (unpaired) electrons. The summed E-state index contributed by atoms with van der Waals surface area (Å²) in [5.41, 5.74) is 0. The van der Waals surface area contributed by atoms with Crippen LogP contribution >= 0.6 is 0 Å². The van der Waals surface area contributed by atoms with Crippen LogP contribution < -0.4 is 5.32 Å². The summed E-state index contributed by atoms with van der Waals surface area (Å²) in [5, 5.41) is 2.73. The number of rotatable bonds is 11. The van der Waals surface area contributed by atoms with Gasteiger partial charge in [-0.15, -0.1) is 0 Å². The molecule has 106 valence electrons. The molecular weight excluding hydrogens is 230 g/mol. The zero-order valence-electron chi connectivity index (χ0n) is 11.8. The Balaban J connectivity index is 3.30. The van der Waals surface area contributed by atoms with Crippen molar-refractivity contribution >= 4 is 11.9 Å². The molecule has 0 aromatic carbocycles. The highest BCUT2D eigenvalue weighted by molar-refractivity contribution is 5.76. The molecule has 4 nitrogen and oxygen atoms in total. The molecular formula is C14H27NO3. The summed E-state index contributed by atoms with van der Waals surface area (Å²) in [4.78, 5) is 22.4. The number of hydrogen-bond donors (Lipinski definition) is 1. The number of unbranched alkanes of at least 4 members (excludes halogenated alkanes) is 5. The molecule has 0 spiro atoms. The van der Waals surface area contributed by atoms with E-state index in [2.05, 4.69) is 12.2 Å². The Hall–Kier alpha value is -1.06. The van der Waals surface area contributed by atoms with Gasteiger partial charge in [-0.1, -0.05) is 39.0 Å². The van der Waals surface area contributed by atoms with Gasteiger partial charge >= 0.3 is 5.97 Å². The van der Waals surface area contributed by atoms with Gasteiger partial charge in [0, 0.05) is 13.0 Å². The number of amides is 1. The van der Waals surface area contributed by atoms with Crippen molar-refractivity contribution in [3.05, 3.63) is 0 Å². The normalized spacial score (nSPS) is 10.1. The third kappa shape index (κ3) is 11.4. The zero-order valence-corrected chi connectivity index (χ0v) is 11.8. The summed E-state index contributed by atoms with van der Waals surface area (Å²) in [6.45, 7) is 4.74. The van der Waals surface area contributed by atoms with Crippen LogP contribution in [-0.4, -0.2) is 25.0 Å². The SMILES string of the molecule is CCCCCCCCC(=O)NCCC(=O)OCC. The molecule has 0 aromatic heterocycles. The quantitative estimate of drug-likeness (QED) is 0.457. The van der Waals surface area contributed by atoms with E-state index in [-0.39, 0.29) is 18.3 Å². The van der Waals surface area contributed by atoms with Crippen molar-refractivity contribution in [1.82, 2.24) is 5.32 Å². The molecule has 4 heteroatoms. The molecule has 0 fully saturated rings. The van der Waals surface area contributed by atoms with E-state index in [0.29, 0.717) is 19.6 Å². The summed E-state index contributed by atoms with van der Waals surface area (Å²) in [6.07, 6.45) is 7.89. The summed E-state index contributed by atoms with van der Waals surface area (Å²) in [5.74, 6) is -0.216. The molecule has 0 saturated heterocycles. The van der Waals surface area contributed by atoms with Crippen LogP contribution in [0, 0.1) is 0 Å². The van der Waals surface area contributed by atoms with Crippen molar-refractivity contribution in [2.75, 3.05) is 13.2 Å². The maximum Gasteiger partial charge on any atom is 0.307 e. The Morgan fingerprint density at radius 3 is 2.28 bits per heavy atom. The van der Waals surface area contributed by atoms with E-state index in [1.807, 2.05) is 0 Å². The molecule has 0 rings (SSSR count). The molecule has 0 heterocycles. The van der Waals surface area contributed by atoms with Gasteiger partial charge < -0.3 is 10.1 Å². The molecule has 0 unspecified atom stereocenters. The summed E-state index contributed by atoms with van der Waals surface area (Å²) in [7, 11) is 0. The van der Waals surface area contributed by atoms with E-state index in [1.165, 1.54) is 25.7 Å². The van der Waals surface area contributed by atoms with Crippen LogP contribution in [0.4, 0.5) is 0 Å². The summed E-state index contributed by atoms with van der Waals surface area (Å²) >= 11 is 0. The lowest BCUT2D eigenvalue weighted by Gasteiger charge is -2.05. The topological polar surface area (TPSA) is 55.4 Å².